The molecule has 57 heavy (non-hydrogen) atoms. The number of alkyl halides is 12. The molecule has 314 valence electrons. The topological polar surface area (TPSA) is 88.1 Å². The molecule has 0 amide bonds. The van der Waals surface area contributed by atoms with E-state index in [0.717, 1.165) is 32.1 Å². The van der Waals surface area contributed by atoms with Crippen LogP contribution in [-0.2, 0) is 14.3 Å². The van der Waals surface area contributed by atoms with E-state index in [9.17, 15) is 67.1 Å². The largest absolute Gasteiger partial charge is 0.493 e. The van der Waals surface area contributed by atoms with Crippen LogP contribution in [0.4, 0.5) is 52.7 Å². The number of ether oxygens (including phenoxy) is 4. The molecular weight excluding hydrogens is 796 g/mol. The van der Waals surface area contributed by atoms with Crippen LogP contribution in [0.1, 0.15) is 73.1 Å². The Labute approximate surface area is 318 Å². The zero-order chi connectivity index (χ0) is 42.8. The molecule has 0 radical (unpaired) electrons. The molecular formula is C38H36F12O7. The summed E-state index contributed by atoms with van der Waals surface area (Å²) in [5.41, 5.74) is 1.74. The van der Waals surface area contributed by atoms with E-state index < -0.39 is 73.6 Å². The predicted molar refractivity (Wildman–Crippen MR) is 179 cm³/mol. The zero-order valence-corrected chi connectivity index (χ0v) is 30.1. The van der Waals surface area contributed by atoms with Crippen molar-refractivity contribution in [1.82, 2.24) is 0 Å². The summed E-state index contributed by atoms with van der Waals surface area (Å²) in [5, 5.41) is 0. The number of hydrogen-bond donors (Lipinski definition) is 0. The third kappa shape index (κ3) is 10.7. The van der Waals surface area contributed by atoms with Crippen LogP contribution in [0.3, 0.4) is 0 Å². The van der Waals surface area contributed by atoms with E-state index in [1.165, 1.54) is 48.5 Å². The van der Waals surface area contributed by atoms with Gasteiger partial charge in [-0.05, 0) is 79.4 Å². The number of benzene rings is 3. The lowest BCUT2D eigenvalue weighted by atomic mass is 9.94. The summed E-state index contributed by atoms with van der Waals surface area (Å²) in [5.74, 6) is -41.6. The number of rotatable bonds is 21. The van der Waals surface area contributed by atoms with E-state index in [4.69, 9.17) is 14.2 Å². The Hall–Kier alpha value is -4.97. The minimum atomic E-state index is -7.84. The molecule has 0 bridgehead atoms. The molecule has 7 nitrogen and oxygen atoms in total. The van der Waals surface area contributed by atoms with Crippen molar-refractivity contribution in [3.63, 3.8) is 0 Å². The SMILES string of the molecule is CCCCCC[C@@H](C)OC(=O)c1ccc(OC(=O)c2ccc(-c3ccc(OCCCOC(=O)C(F)(F)C(F)(F)C(F)(F)C(F)(F)C(F)(F)C(F)F)cc3)cc2)cc1. The van der Waals surface area contributed by atoms with E-state index in [1.54, 1.807) is 24.3 Å². The maximum atomic E-state index is 13.9. The molecule has 1 atom stereocenters. The summed E-state index contributed by atoms with van der Waals surface area (Å²) in [4.78, 5) is 36.6. The van der Waals surface area contributed by atoms with Crippen LogP contribution in [0.5, 0.6) is 11.5 Å². The molecule has 0 aliphatic heterocycles. The van der Waals surface area contributed by atoms with Gasteiger partial charge in [-0.1, -0.05) is 50.5 Å². The van der Waals surface area contributed by atoms with Crippen molar-refractivity contribution in [2.45, 2.75) is 94.5 Å². The third-order valence-corrected chi connectivity index (χ3v) is 8.30. The van der Waals surface area contributed by atoms with Crippen LogP contribution in [0.2, 0.25) is 0 Å². The van der Waals surface area contributed by atoms with Crippen molar-refractivity contribution in [1.29, 1.82) is 0 Å². The van der Waals surface area contributed by atoms with E-state index in [0.29, 0.717) is 16.7 Å². The van der Waals surface area contributed by atoms with Gasteiger partial charge in [-0.25, -0.2) is 23.2 Å². The van der Waals surface area contributed by atoms with Gasteiger partial charge < -0.3 is 18.9 Å². The Bertz CT molecular complexity index is 1780. The van der Waals surface area contributed by atoms with Gasteiger partial charge in [-0.2, -0.15) is 43.9 Å². The van der Waals surface area contributed by atoms with Gasteiger partial charge >= 0.3 is 53.9 Å². The molecule has 19 heteroatoms. The molecule has 3 aromatic carbocycles. The van der Waals surface area contributed by atoms with Gasteiger partial charge in [0.1, 0.15) is 11.5 Å². The summed E-state index contributed by atoms with van der Waals surface area (Å²) in [6.45, 7) is 2.23. The number of carbonyl (C=O) groups is 3. The maximum absolute atomic E-state index is 13.9. The molecule has 3 aromatic rings. The van der Waals surface area contributed by atoms with Crippen molar-refractivity contribution in [3.8, 4) is 22.6 Å². The van der Waals surface area contributed by atoms with Crippen molar-refractivity contribution >= 4 is 17.9 Å². The molecule has 0 heterocycles. The Morgan fingerprint density at radius 3 is 1.65 bits per heavy atom. The molecule has 0 N–H and O–H groups in total. The molecule has 0 saturated carbocycles. The predicted octanol–water partition coefficient (Wildman–Crippen LogP) is 10.8. The Morgan fingerprint density at radius 2 is 1.11 bits per heavy atom. The van der Waals surface area contributed by atoms with Crippen LogP contribution in [0.25, 0.3) is 11.1 Å². The number of esters is 3. The smallest absolute Gasteiger partial charge is 0.410 e. The summed E-state index contributed by atoms with van der Waals surface area (Å²) in [6.07, 6.45) is -1.48. The summed E-state index contributed by atoms with van der Waals surface area (Å²) in [7, 11) is 0. The first-order valence-corrected chi connectivity index (χ1v) is 17.2. The Kier molecular flexibility index (Phi) is 15.5. The minimum absolute atomic E-state index is 0.139. The van der Waals surface area contributed by atoms with Crippen LogP contribution >= 0.6 is 0 Å². The van der Waals surface area contributed by atoms with Crippen LogP contribution in [0.15, 0.2) is 72.8 Å². The van der Waals surface area contributed by atoms with Crippen LogP contribution in [0, 0.1) is 0 Å². The average molecular weight is 833 g/mol. The van der Waals surface area contributed by atoms with Gasteiger partial charge in [-0.15, -0.1) is 0 Å². The normalized spacial score (nSPS) is 13.2. The fourth-order valence-corrected chi connectivity index (χ4v) is 4.91. The molecule has 0 aliphatic rings. The Morgan fingerprint density at radius 1 is 0.596 bits per heavy atom. The Balaban J connectivity index is 1.47. The van der Waals surface area contributed by atoms with Crippen molar-refractivity contribution < 1.29 is 86.0 Å². The molecule has 0 aromatic heterocycles. The quantitative estimate of drug-likeness (QED) is 0.0457. The first kappa shape index (κ1) is 46.4. The van der Waals surface area contributed by atoms with Crippen molar-refractivity contribution in [2.75, 3.05) is 13.2 Å². The van der Waals surface area contributed by atoms with Crippen molar-refractivity contribution in [2.24, 2.45) is 0 Å². The number of hydrogen-bond acceptors (Lipinski definition) is 7. The second-order valence-corrected chi connectivity index (χ2v) is 12.6. The highest BCUT2D eigenvalue weighted by molar-refractivity contribution is 5.92. The van der Waals surface area contributed by atoms with Gasteiger partial charge in [0.2, 0.25) is 0 Å². The van der Waals surface area contributed by atoms with Crippen LogP contribution < -0.4 is 9.47 Å². The molecule has 0 fully saturated rings. The molecule has 3 rings (SSSR count). The monoisotopic (exact) mass is 832 g/mol. The highest BCUT2D eigenvalue weighted by Gasteiger charge is 2.89. The third-order valence-electron chi connectivity index (χ3n) is 8.30. The molecule has 0 aliphatic carbocycles. The standard InChI is InChI=1S/C38H36F12O7/c1-3-4-5-6-8-23(2)56-30(51)27-15-19-29(20-16-27)57-31(52)26-11-9-24(10-12-26)25-13-17-28(18-14-25)54-21-7-22-55-33(53)35(43,44)37(47,48)38(49,50)36(45,46)34(41,42)32(39)40/h9-20,23,32H,3-8,21-22H2,1-2H3/t23-/m1/s1. The summed E-state index contributed by atoms with van der Waals surface area (Å²) >= 11 is 0. The van der Waals surface area contributed by atoms with E-state index in [2.05, 4.69) is 11.7 Å². The lowest BCUT2D eigenvalue weighted by molar-refractivity contribution is -0.408. The molecule has 0 saturated heterocycles. The summed E-state index contributed by atoms with van der Waals surface area (Å²) < 4.78 is 179. The number of carbonyl (C=O) groups excluding carboxylic acids is 3. The van der Waals surface area contributed by atoms with E-state index in [-0.39, 0.29) is 23.2 Å². The van der Waals surface area contributed by atoms with Crippen LogP contribution in [-0.4, -0.2) is 73.3 Å². The number of halogens is 12. The maximum Gasteiger partial charge on any atom is 0.410 e. The lowest BCUT2D eigenvalue weighted by Gasteiger charge is -2.38. The highest BCUT2D eigenvalue weighted by Crippen LogP contribution is 2.58. The fraction of sp³-hybridized carbons (Fsp3) is 0.447. The van der Waals surface area contributed by atoms with Gasteiger partial charge in [0.15, 0.2) is 0 Å². The fourth-order valence-electron chi connectivity index (χ4n) is 4.91. The highest BCUT2D eigenvalue weighted by atomic mass is 19.4. The van der Waals surface area contributed by atoms with Gasteiger partial charge in [0.25, 0.3) is 0 Å². The van der Waals surface area contributed by atoms with Gasteiger partial charge in [0.05, 0.1) is 30.4 Å². The summed E-state index contributed by atoms with van der Waals surface area (Å²) in [6, 6.07) is 18.0. The molecule has 0 unspecified atom stereocenters. The zero-order valence-electron chi connectivity index (χ0n) is 30.1. The first-order chi connectivity index (χ1) is 26.5. The van der Waals surface area contributed by atoms with Gasteiger partial charge in [-0.3, -0.25) is 0 Å². The van der Waals surface area contributed by atoms with Crippen molar-refractivity contribution in [3.05, 3.63) is 83.9 Å². The first-order valence-electron chi connectivity index (χ1n) is 17.2. The minimum Gasteiger partial charge on any atom is -0.493 e. The average Bonchev–Trinajstić information content (AvgIpc) is 3.16. The van der Waals surface area contributed by atoms with Gasteiger partial charge in [0, 0.05) is 6.42 Å². The number of unbranched alkanes of at least 4 members (excludes halogenated alkanes) is 3. The lowest BCUT2D eigenvalue weighted by Crippen LogP contribution is -2.70. The second kappa shape index (κ2) is 19.0. The molecule has 0 spiro atoms. The second-order valence-electron chi connectivity index (χ2n) is 12.6. The van der Waals surface area contributed by atoms with E-state index in [1.807, 2.05) is 6.92 Å². The van der Waals surface area contributed by atoms with E-state index >= 15 is 0 Å².